The Hall–Kier alpha value is -4.01. The summed E-state index contributed by atoms with van der Waals surface area (Å²) in [5, 5.41) is 14.3. The van der Waals surface area contributed by atoms with Crippen LogP contribution in [0.15, 0.2) is 48.7 Å². The summed E-state index contributed by atoms with van der Waals surface area (Å²) >= 11 is 0. The molecule has 0 atom stereocenters. The van der Waals surface area contributed by atoms with Crippen molar-refractivity contribution in [1.82, 2.24) is 14.9 Å². The van der Waals surface area contributed by atoms with E-state index in [1.54, 1.807) is 43.3 Å². The fraction of sp³-hybridized carbons (Fsp3) is 0.292. The second kappa shape index (κ2) is 9.23. The van der Waals surface area contributed by atoms with E-state index in [4.69, 9.17) is 0 Å². The van der Waals surface area contributed by atoms with Gasteiger partial charge in [-0.2, -0.15) is 0 Å². The molecule has 1 N–H and O–H groups in total. The van der Waals surface area contributed by atoms with Gasteiger partial charge in [-0.25, -0.2) is 4.98 Å². The number of anilines is 1. The van der Waals surface area contributed by atoms with Crippen molar-refractivity contribution in [2.45, 2.75) is 32.4 Å². The Balaban J connectivity index is 1.56. The number of benzene rings is 2. The number of nitrogens with zero attached hydrogens (tertiary/aromatic N) is 4. The van der Waals surface area contributed by atoms with Crippen LogP contribution in [0.3, 0.4) is 0 Å². The number of ketones is 1. The molecule has 0 saturated heterocycles. The highest BCUT2D eigenvalue weighted by molar-refractivity contribution is 6.15. The standard InChI is InChI=1S/C24H25N5O4/c1-27(2)20-11-10-16(13-21(20)29(32)33)23(30)18-7-3-4-8-19(18)24(31)25-14-17-15-28-12-6-5-9-22(28)26-17/h3-4,7-8,10-11,13,15H,5-6,9,12,14H2,1-2H3,(H,25,31). The van der Waals surface area contributed by atoms with E-state index in [-0.39, 0.29) is 28.9 Å². The van der Waals surface area contributed by atoms with Crippen LogP contribution in [0.5, 0.6) is 0 Å². The Bertz CT molecular complexity index is 1210. The molecule has 0 fully saturated rings. The number of nitrogens with one attached hydrogen (secondary N) is 1. The topological polar surface area (TPSA) is 110 Å². The van der Waals surface area contributed by atoms with Crippen LogP contribution < -0.4 is 10.2 Å². The minimum absolute atomic E-state index is 0.148. The van der Waals surface area contributed by atoms with E-state index < -0.39 is 16.6 Å². The second-order valence-corrected chi connectivity index (χ2v) is 8.21. The van der Waals surface area contributed by atoms with Crippen LogP contribution in [-0.4, -0.2) is 40.3 Å². The highest BCUT2D eigenvalue weighted by atomic mass is 16.6. The largest absolute Gasteiger partial charge is 0.372 e. The van der Waals surface area contributed by atoms with E-state index in [0.717, 1.165) is 37.3 Å². The van der Waals surface area contributed by atoms with Gasteiger partial charge < -0.3 is 14.8 Å². The third-order valence-electron chi connectivity index (χ3n) is 5.72. The third kappa shape index (κ3) is 4.62. The number of aryl methyl sites for hydroxylation is 2. The molecule has 1 aliphatic heterocycles. The Morgan fingerprint density at radius 2 is 1.91 bits per heavy atom. The SMILES string of the molecule is CN(C)c1ccc(C(=O)c2ccccc2C(=O)NCc2cn3c(n2)CCCC3)cc1[N+](=O)[O-]. The van der Waals surface area contributed by atoms with Crippen LogP contribution in [0.4, 0.5) is 11.4 Å². The number of hydrogen-bond acceptors (Lipinski definition) is 6. The first kappa shape index (κ1) is 22.2. The molecule has 0 spiro atoms. The smallest absolute Gasteiger partial charge is 0.293 e. The summed E-state index contributed by atoms with van der Waals surface area (Å²) in [6.45, 7) is 1.19. The van der Waals surface area contributed by atoms with Gasteiger partial charge in [0.1, 0.15) is 11.5 Å². The minimum atomic E-state index is -0.519. The molecule has 33 heavy (non-hydrogen) atoms. The van der Waals surface area contributed by atoms with E-state index in [2.05, 4.69) is 14.9 Å². The predicted molar refractivity (Wildman–Crippen MR) is 124 cm³/mol. The van der Waals surface area contributed by atoms with Gasteiger partial charge in [-0.15, -0.1) is 0 Å². The van der Waals surface area contributed by atoms with Crippen LogP contribution in [0.25, 0.3) is 0 Å². The molecule has 0 unspecified atom stereocenters. The first-order valence-electron chi connectivity index (χ1n) is 10.8. The Labute approximate surface area is 191 Å². The molecule has 1 aliphatic rings. The van der Waals surface area contributed by atoms with Gasteiger partial charge >= 0.3 is 0 Å². The normalized spacial score (nSPS) is 12.7. The van der Waals surface area contributed by atoms with Crippen molar-refractivity contribution in [3.63, 3.8) is 0 Å². The Kier molecular flexibility index (Phi) is 6.21. The number of hydrogen-bond donors (Lipinski definition) is 1. The third-order valence-corrected chi connectivity index (χ3v) is 5.72. The molecule has 9 heteroatoms. The first-order valence-corrected chi connectivity index (χ1v) is 10.8. The number of nitro benzene ring substituents is 1. The molecule has 0 bridgehead atoms. The van der Waals surface area contributed by atoms with E-state index in [1.165, 1.54) is 18.2 Å². The van der Waals surface area contributed by atoms with E-state index >= 15 is 0 Å². The van der Waals surface area contributed by atoms with Crippen LogP contribution in [-0.2, 0) is 19.5 Å². The summed E-state index contributed by atoms with van der Waals surface area (Å²) in [5.74, 6) is 0.180. The van der Waals surface area contributed by atoms with Crippen LogP contribution in [0.2, 0.25) is 0 Å². The van der Waals surface area contributed by atoms with Gasteiger partial charge in [0.05, 0.1) is 22.7 Å². The number of carbonyl (C=O) groups excluding carboxylic acids is 2. The van der Waals surface area contributed by atoms with Gasteiger partial charge in [-0.1, -0.05) is 18.2 Å². The molecular weight excluding hydrogens is 422 g/mol. The maximum Gasteiger partial charge on any atom is 0.293 e. The van der Waals surface area contributed by atoms with Crippen LogP contribution >= 0.6 is 0 Å². The highest BCUT2D eigenvalue weighted by Gasteiger charge is 2.23. The zero-order valence-corrected chi connectivity index (χ0v) is 18.6. The van der Waals surface area contributed by atoms with Crippen molar-refractivity contribution in [2.24, 2.45) is 0 Å². The highest BCUT2D eigenvalue weighted by Crippen LogP contribution is 2.29. The number of fused-ring (bicyclic) bond motifs is 1. The average Bonchev–Trinajstić information content (AvgIpc) is 3.24. The monoisotopic (exact) mass is 447 g/mol. The van der Waals surface area contributed by atoms with Crippen molar-refractivity contribution in [1.29, 1.82) is 0 Å². The lowest BCUT2D eigenvalue weighted by molar-refractivity contribution is -0.384. The molecule has 2 heterocycles. The van der Waals surface area contributed by atoms with Gasteiger partial charge in [0, 0.05) is 50.5 Å². The molecule has 2 aromatic carbocycles. The van der Waals surface area contributed by atoms with E-state index in [0.29, 0.717) is 5.69 Å². The van der Waals surface area contributed by atoms with Gasteiger partial charge in [0.15, 0.2) is 5.78 Å². The van der Waals surface area contributed by atoms with E-state index in [1.807, 2.05) is 6.20 Å². The van der Waals surface area contributed by atoms with Crippen molar-refractivity contribution < 1.29 is 14.5 Å². The van der Waals surface area contributed by atoms with Gasteiger partial charge in [-0.3, -0.25) is 19.7 Å². The van der Waals surface area contributed by atoms with Crippen molar-refractivity contribution >= 4 is 23.1 Å². The van der Waals surface area contributed by atoms with Crippen LogP contribution in [0.1, 0.15) is 50.6 Å². The zero-order chi connectivity index (χ0) is 23.5. The fourth-order valence-electron chi connectivity index (χ4n) is 4.05. The molecule has 0 radical (unpaired) electrons. The molecule has 1 amide bonds. The molecule has 0 aliphatic carbocycles. The van der Waals surface area contributed by atoms with Crippen LogP contribution in [0, 0.1) is 10.1 Å². The summed E-state index contributed by atoms with van der Waals surface area (Å²) in [4.78, 5) is 43.3. The number of imidazole rings is 1. The summed E-state index contributed by atoms with van der Waals surface area (Å²) in [6, 6.07) is 10.8. The number of amides is 1. The summed E-state index contributed by atoms with van der Waals surface area (Å²) < 4.78 is 2.12. The predicted octanol–water partition coefficient (Wildman–Crippen LogP) is 3.35. The van der Waals surface area contributed by atoms with Gasteiger partial charge in [0.25, 0.3) is 11.6 Å². The fourth-order valence-corrected chi connectivity index (χ4v) is 4.05. The Morgan fingerprint density at radius 3 is 2.61 bits per heavy atom. The van der Waals surface area contributed by atoms with Gasteiger partial charge in [0.2, 0.25) is 0 Å². The van der Waals surface area contributed by atoms with Crippen molar-refractivity contribution in [3.05, 3.63) is 87.0 Å². The lowest BCUT2D eigenvalue weighted by Crippen LogP contribution is -2.25. The zero-order valence-electron chi connectivity index (χ0n) is 18.6. The molecule has 3 aromatic rings. The number of aromatic nitrogens is 2. The quantitative estimate of drug-likeness (QED) is 0.338. The molecule has 1 aromatic heterocycles. The lowest BCUT2D eigenvalue weighted by atomic mass is 9.97. The second-order valence-electron chi connectivity index (χ2n) is 8.21. The first-order chi connectivity index (χ1) is 15.8. The summed E-state index contributed by atoms with van der Waals surface area (Å²) in [7, 11) is 3.39. The van der Waals surface area contributed by atoms with E-state index in [9.17, 15) is 19.7 Å². The van der Waals surface area contributed by atoms with Crippen molar-refractivity contribution in [2.75, 3.05) is 19.0 Å². The average molecular weight is 447 g/mol. The maximum absolute atomic E-state index is 13.2. The minimum Gasteiger partial charge on any atom is -0.372 e. The summed E-state index contributed by atoms with van der Waals surface area (Å²) in [6.07, 6.45) is 5.13. The maximum atomic E-state index is 13.2. The Morgan fingerprint density at radius 1 is 1.15 bits per heavy atom. The molecule has 0 saturated carbocycles. The molecule has 170 valence electrons. The number of rotatable bonds is 7. The molecule has 9 nitrogen and oxygen atoms in total. The summed E-state index contributed by atoms with van der Waals surface area (Å²) in [5.41, 5.74) is 1.55. The molecular formula is C24H25N5O4. The molecule has 4 rings (SSSR count). The number of nitro groups is 1. The van der Waals surface area contributed by atoms with Crippen molar-refractivity contribution in [3.8, 4) is 0 Å². The number of carbonyl (C=O) groups is 2. The lowest BCUT2D eigenvalue weighted by Gasteiger charge is -2.14. The van der Waals surface area contributed by atoms with Gasteiger partial charge in [-0.05, 0) is 31.0 Å².